The van der Waals surface area contributed by atoms with Crippen molar-refractivity contribution in [1.82, 2.24) is 15.4 Å². The third-order valence-corrected chi connectivity index (χ3v) is 4.48. The molecule has 0 aliphatic rings. The number of hydrogen-bond acceptors (Lipinski definition) is 8. The Morgan fingerprint density at radius 1 is 1.26 bits per heavy atom. The van der Waals surface area contributed by atoms with Crippen molar-refractivity contribution in [3.63, 3.8) is 0 Å². The molecule has 0 aliphatic carbocycles. The van der Waals surface area contributed by atoms with Gasteiger partial charge >= 0.3 is 5.91 Å². The van der Waals surface area contributed by atoms with Crippen molar-refractivity contribution in [2.24, 2.45) is 0 Å². The predicted octanol–water partition coefficient (Wildman–Crippen LogP) is 2.75. The van der Waals surface area contributed by atoms with Gasteiger partial charge in [0.25, 0.3) is 0 Å². The first-order valence-corrected chi connectivity index (χ1v) is 9.13. The number of hydrogen-bond donors (Lipinski definition) is 3. The second-order valence-electron chi connectivity index (χ2n) is 5.45. The van der Waals surface area contributed by atoms with E-state index in [4.69, 9.17) is 14.9 Å². The molecule has 0 saturated carbocycles. The maximum Gasteiger partial charge on any atom is 0.305 e. The molecule has 0 fully saturated rings. The molecule has 9 heteroatoms. The van der Waals surface area contributed by atoms with Crippen LogP contribution in [-0.4, -0.2) is 28.7 Å². The van der Waals surface area contributed by atoms with Gasteiger partial charge in [0.15, 0.2) is 11.6 Å². The maximum absolute atomic E-state index is 11.9. The normalized spacial score (nSPS) is 10.4. The van der Waals surface area contributed by atoms with Crippen molar-refractivity contribution in [3.8, 4) is 5.75 Å². The summed E-state index contributed by atoms with van der Waals surface area (Å²) in [5.41, 5.74) is 12.2. The second-order valence-corrected chi connectivity index (χ2v) is 6.57. The first-order valence-electron chi connectivity index (χ1n) is 8.14. The summed E-state index contributed by atoms with van der Waals surface area (Å²) < 4.78 is 10.2. The molecular formula is C18H19N5O3S. The van der Waals surface area contributed by atoms with Crippen LogP contribution in [0.4, 0.5) is 11.8 Å². The quantitative estimate of drug-likeness (QED) is 0.308. The molecular weight excluding hydrogens is 366 g/mol. The van der Waals surface area contributed by atoms with E-state index in [0.717, 1.165) is 17.9 Å². The fraction of sp³-hybridized carbons (Fsp3) is 0.167. The van der Waals surface area contributed by atoms with Gasteiger partial charge in [-0.05, 0) is 36.2 Å². The van der Waals surface area contributed by atoms with Crippen LogP contribution >= 0.6 is 11.8 Å². The Labute approximate surface area is 160 Å². The average Bonchev–Trinajstić information content (AvgIpc) is 3.21. The molecule has 0 radical (unpaired) electrons. The molecule has 2 aromatic heterocycles. The number of amides is 1. The molecule has 0 saturated heterocycles. The Kier molecular flexibility index (Phi) is 6.16. The molecule has 3 aromatic rings. The number of benzene rings is 1. The average molecular weight is 385 g/mol. The lowest BCUT2D eigenvalue weighted by atomic mass is 10.2. The number of nitrogen functional groups attached to an aromatic ring is 1. The minimum atomic E-state index is -0.411. The van der Waals surface area contributed by atoms with Crippen LogP contribution in [0.3, 0.4) is 0 Å². The van der Waals surface area contributed by atoms with Crippen molar-refractivity contribution in [1.29, 1.82) is 0 Å². The zero-order valence-corrected chi connectivity index (χ0v) is 15.5. The van der Waals surface area contributed by atoms with Gasteiger partial charge in [-0.1, -0.05) is 12.1 Å². The Bertz CT molecular complexity index is 885. The number of hydrazine groups is 1. The summed E-state index contributed by atoms with van der Waals surface area (Å²) >= 11 is 1.55. The first kappa shape index (κ1) is 18.6. The number of ether oxygens (including phenoxy) is 1. The van der Waals surface area contributed by atoms with Crippen molar-refractivity contribution < 1.29 is 13.9 Å². The molecule has 0 aliphatic heterocycles. The van der Waals surface area contributed by atoms with Gasteiger partial charge in [-0.3, -0.25) is 15.6 Å². The van der Waals surface area contributed by atoms with Gasteiger partial charge in [0.2, 0.25) is 5.95 Å². The van der Waals surface area contributed by atoms with Gasteiger partial charge in [-0.15, -0.1) is 11.8 Å². The summed E-state index contributed by atoms with van der Waals surface area (Å²) in [7, 11) is 1.65. The number of carbonyl (C=O) groups is 1. The number of aromatic nitrogens is 2. The Hall–Kier alpha value is -3.20. The smallest absolute Gasteiger partial charge is 0.305 e. The van der Waals surface area contributed by atoms with Crippen molar-refractivity contribution in [2.75, 3.05) is 24.0 Å². The summed E-state index contributed by atoms with van der Waals surface area (Å²) in [5.74, 6) is 1.96. The number of nitrogens with two attached hydrogens (primary N) is 1. The van der Waals surface area contributed by atoms with Crippen molar-refractivity contribution in [2.45, 2.75) is 11.4 Å². The van der Waals surface area contributed by atoms with E-state index in [-0.39, 0.29) is 11.7 Å². The monoisotopic (exact) mass is 385 g/mol. The Balaban J connectivity index is 1.53. The highest BCUT2D eigenvalue weighted by Gasteiger charge is 2.09. The van der Waals surface area contributed by atoms with E-state index in [0.29, 0.717) is 10.8 Å². The number of rotatable bonds is 8. The fourth-order valence-electron chi connectivity index (χ4n) is 2.24. The van der Waals surface area contributed by atoms with Crippen LogP contribution in [0.2, 0.25) is 0 Å². The minimum Gasteiger partial charge on any atom is -0.497 e. The molecule has 27 heavy (non-hydrogen) atoms. The lowest BCUT2D eigenvalue weighted by Gasteiger charge is -2.09. The number of aryl methyl sites for hydroxylation is 1. The van der Waals surface area contributed by atoms with E-state index < -0.39 is 5.91 Å². The molecule has 3 rings (SSSR count). The van der Waals surface area contributed by atoms with Gasteiger partial charge in [-0.2, -0.15) is 4.98 Å². The van der Waals surface area contributed by atoms with E-state index >= 15 is 0 Å². The van der Waals surface area contributed by atoms with Crippen LogP contribution in [0, 0.1) is 0 Å². The largest absolute Gasteiger partial charge is 0.497 e. The third kappa shape index (κ3) is 5.38. The van der Waals surface area contributed by atoms with Crippen LogP contribution in [0.5, 0.6) is 5.75 Å². The molecule has 1 aromatic carbocycles. The van der Waals surface area contributed by atoms with Crippen LogP contribution < -0.4 is 21.3 Å². The fourth-order valence-corrected chi connectivity index (χ4v) is 3.14. The number of furan rings is 1. The molecule has 2 heterocycles. The third-order valence-electron chi connectivity index (χ3n) is 3.57. The van der Waals surface area contributed by atoms with E-state index in [1.165, 1.54) is 11.8 Å². The minimum absolute atomic E-state index is 0.124. The lowest BCUT2D eigenvalue weighted by molar-refractivity contribution is 0.0935. The summed E-state index contributed by atoms with van der Waals surface area (Å²) in [4.78, 5) is 20.1. The van der Waals surface area contributed by atoms with Crippen molar-refractivity contribution in [3.05, 3.63) is 60.1 Å². The SMILES string of the molecule is COc1ccc(CCSc2cc(NNC(=O)c3ccco3)nc(N)n2)cc1. The number of nitrogens with zero attached hydrogens (tertiary/aromatic N) is 2. The number of thioether (sulfide) groups is 1. The predicted molar refractivity (Wildman–Crippen MR) is 104 cm³/mol. The second kappa shape index (κ2) is 8.95. The molecule has 140 valence electrons. The molecule has 0 spiro atoms. The Morgan fingerprint density at radius 3 is 2.78 bits per heavy atom. The standard InChI is InChI=1S/C18H19N5O3S/c1-25-13-6-4-12(5-7-13)8-10-27-16-11-15(20-18(19)21-16)22-23-17(24)14-3-2-9-26-14/h2-7,9,11H,8,10H2,1H3,(H,23,24)(H3,19,20,21,22). The lowest BCUT2D eigenvalue weighted by Crippen LogP contribution is -2.29. The summed E-state index contributed by atoms with van der Waals surface area (Å²) in [6.45, 7) is 0. The molecule has 0 bridgehead atoms. The van der Waals surface area contributed by atoms with Crippen LogP contribution in [0.1, 0.15) is 16.1 Å². The summed E-state index contributed by atoms with van der Waals surface area (Å²) in [6, 6.07) is 12.9. The molecule has 0 unspecified atom stereocenters. The van der Waals surface area contributed by atoms with Crippen LogP contribution in [0.15, 0.2) is 58.2 Å². The zero-order chi connectivity index (χ0) is 19.1. The maximum atomic E-state index is 11.9. The highest BCUT2D eigenvalue weighted by atomic mass is 32.2. The number of methoxy groups -OCH3 is 1. The van der Waals surface area contributed by atoms with Gasteiger partial charge in [0.05, 0.1) is 13.4 Å². The molecule has 0 atom stereocenters. The highest BCUT2D eigenvalue weighted by Crippen LogP contribution is 2.21. The topological polar surface area (TPSA) is 115 Å². The van der Waals surface area contributed by atoms with Gasteiger partial charge in [0.1, 0.15) is 10.8 Å². The van der Waals surface area contributed by atoms with E-state index in [1.54, 1.807) is 37.1 Å². The van der Waals surface area contributed by atoms with Crippen LogP contribution in [0.25, 0.3) is 0 Å². The molecule has 1 amide bonds. The summed E-state index contributed by atoms with van der Waals surface area (Å²) in [5, 5.41) is 0.714. The Morgan fingerprint density at radius 2 is 2.07 bits per heavy atom. The zero-order valence-electron chi connectivity index (χ0n) is 14.6. The van der Waals surface area contributed by atoms with Gasteiger partial charge < -0.3 is 14.9 Å². The van der Waals surface area contributed by atoms with Crippen LogP contribution in [-0.2, 0) is 6.42 Å². The number of anilines is 2. The van der Waals surface area contributed by atoms with Gasteiger partial charge in [0, 0.05) is 11.8 Å². The number of carbonyl (C=O) groups excluding carboxylic acids is 1. The summed E-state index contributed by atoms with van der Waals surface area (Å²) in [6.07, 6.45) is 2.30. The first-order chi connectivity index (χ1) is 13.1. The van der Waals surface area contributed by atoms with Gasteiger partial charge in [-0.25, -0.2) is 4.98 Å². The van der Waals surface area contributed by atoms with E-state index in [9.17, 15) is 4.79 Å². The molecule has 4 N–H and O–H groups in total. The van der Waals surface area contributed by atoms with Crippen molar-refractivity contribution >= 4 is 29.4 Å². The van der Waals surface area contributed by atoms with E-state index in [2.05, 4.69) is 20.8 Å². The highest BCUT2D eigenvalue weighted by molar-refractivity contribution is 7.99. The van der Waals surface area contributed by atoms with E-state index in [1.807, 2.05) is 24.3 Å². The number of nitrogens with one attached hydrogen (secondary N) is 2. The molecule has 8 nitrogen and oxygen atoms in total.